The van der Waals surface area contributed by atoms with Crippen molar-refractivity contribution in [2.24, 2.45) is 4.99 Å². The van der Waals surface area contributed by atoms with Crippen LogP contribution in [0.25, 0.3) is 11.1 Å². The summed E-state index contributed by atoms with van der Waals surface area (Å²) in [6.45, 7) is 0.757. The van der Waals surface area contributed by atoms with Crippen LogP contribution in [0, 0.1) is 0 Å². The van der Waals surface area contributed by atoms with Gasteiger partial charge in [0.15, 0.2) is 11.5 Å². The molecule has 0 amide bonds. The number of ether oxygens (including phenoxy) is 3. The molecule has 5 nitrogen and oxygen atoms in total. The van der Waals surface area contributed by atoms with Crippen LogP contribution in [0.4, 0.5) is 5.69 Å². The van der Waals surface area contributed by atoms with Crippen molar-refractivity contribution >= 4 is 11.9 Å². The van der Waals surface area contributed by atoms with E-state index in [1.54, 1.807) is 12.5 Å². The first-order valence-electron chi connectivity index (χ1n) is 8.13. The maximum Gasteiger partial charge on any atom is 0.231 e. The molecular formula is C20H13NO4. The van der Waals surface area contributed by atoms with E-state index in [0.29, 0.717) is 6.61 Å². The molecule has 0 saturated heterocycles. The van der Waals surface area contributed by atoms with Crippen LogP contribution in [0.2, 0.25) is 0 Å². The van der Waals surface area contributed by atoms with Crippen molar-refractivity contribution in [3.63, 3.8) is 0 Å². The zero-order valence-electron chi connectivity index (χ0n) is 13.2. The summed E-state index contributed by atoms with van der Waals surface area (Å²) in [5, 5.41) is 0. The average molecular weight is 331 g/mol. The molecule has 1 aromatic heterocycles. The van der Waals surface area contributed by atoms with Gasteiger partial charge in [-0.25, -0.2) is 0 Å². The van der Waals surface area contributed by atoms with Gasteiger partial charge in [-0.1, -0.05) is 12.1 Å². The number of aliphatic imine (C=N–C) groups is 1. The average Bonchev–Trinajstić information content (AvgIpc) is 3.42. The van der Waals surface area contributed by atoms with Gasteiger partial charge in [-0.2, -0.15) is 0 Å². The number of hydrogen-bond acceptors (Lipinski definition) is 5. The molecule has 0 saturated carbocycles. The van der Waals surface area contributed by atoms with Crippen LogP contribution in [0.15, 0.2) is 58.3 Å². The molecule has 0 N–H and O–H groups in total. The van der Waals surface area contributed by atoms with E-state index in [-0.39, 0.29) is 6.79 Å². The summed E-state index contributed by atoms with van der Waals surface area (Å²) in [7, 11) is 0. The summed E-state index contributed by atoms with van der Waals surface area (Å²) in [6, 6.07) is 12.1. The van der Waals surface area contributed by atoms with Gasteiger partial charge in [0.2, 0.25) is 6.79 Å². The van der Waals surface area contributed by atoms with Gasteiger partial charge in [-0.15, -0.1) is 0 Å². The molecule has 1 unspecified atom stereocenters. The fraction of sp³-hybridized carbons (Fsp3) is 0.150. The number of hydrogen-bond donors (Lipinski definition) is 0. The minimum Gasteiger partial charge on any atom is -0.491 e. The lowest BCUT2D eigenvalue weighted by Gasteiger charge is -2.23. The zero-order valence-corrected chi connectivity index (χ0v) is 13.2. The Balaban J connectivity index is 1.62. The Morgan fingerprint density at radius 3 is 2.76 bits per heavy atom. The predicted octanol–water partition coefficient (Wildman–Crippen LogP) is 4.07. The van der Waals surface area contributed by atoms with Gasteiger partial charge in [0.1, 0.15) is 12.4 Å². The molecule has 1 atom stereocenters. The molecule has 0 radical (unpaired) electrons. The topological polar surface area (TPSA) is 53.2 Å². The van der Waals surface area contributed by atoms with Crippen molar-refractivity contribution in [1.82, 2.24) is 0 Å². The SMILES string of the molecule is C1=Nc2cccc(-c3ccoc3)c2C12COc1cc3c(cc12)OCO3. The summed E-state index contributed by atoms with van der Waals surface area (Å²) in [4.78, 5) is 4.69. The summed E-state index contributed by atoms with van der Waals surface area (Å²) >= 11 is 0. The van der Waals surface area contributed by atoms with Crippen molar-refractivity contribution < 1.29 is 18.6 Å². The molecule has 0 bridgehead atoms. The molecular weight excluding hydrogens is 318 g/mol. The quantitative estimate of drug-likeness (QED) is 0.674. The van der Waals surface area contributed by atoms with Crippen molar-refractivity contribution in [3.05, 3.63) is 60.1 Å². The summed E-state index contributed by atoms with van der Waals surface area (Å²) in [5.41, 5.74) is 4.91. The molecule has 2 aromatic carbocycles. The Bertz CT molecular complexity index is 1040. The molecule has 3 aliphatic heterocycles. The van der Waals surface area contributed by atoms with Gasteiger partial charge in [-0.05, 0) is 23.8 Å². The standard InChI is InChI=1S/C20H13NO4/c1-2-13(12-4-5-22-8-12)19-15(3-1)21-9-20(19)10-23-16-7-18-17(6-14(16)20)24-11-25-18/h1-9H,10-11H2. The highest BCUT2D eigenvalue weighted by molar-refractivity contribution is 5.96. The number of fused-ring (bicyclic) bond motifs is 5. The van der Waals surface area contributed by atoms with Crippen molar-refractivity contribution in [1.29, 1.82) is 0 Å². The van der Waals surface area contributed by atoms with Crippen LogP contribution >= 0.6 is 0 Å². The second-order valence-corrected chi connectivity index (χ2v) is 6.43. The van der Waals surface area contributed by atoms with Crippen molar-refractivity contribution in [2.75, 3.05) is 13.4 Å². The van der Waals surface area contributed by atoms with Gasteiger partial charge in [0, 0.05) is 29.0 Å². The molecule has 3 aromatic rings. The second kappa shape index (κ2) is 4.45. The van der Waals surface area contributed by atoms with Crippen molar-refractivity contribution in [2.45, 2.75) is 5.41 Å². The normalized spacial score (nSPS) is 21.4. The summed E-state index contributed by atoms with van der Waals surface area (Å²) in [5.74, 6) is 2.31. The first kappa shape index (κ1) is 13.1. The molecule has 25 heavy (non-hydrogen) atoms. The maximum atomic E-state index is 6.04. The summed E-state index contributed by atoms with van der Waals surface area (Å²) in [6.07, 6.45) is 5.45. The molecule has 0 aliphatic carbocycles. The first-order valence-corrected chi connectivity index (χ1v) is 8.13. The third-order valence-corrected chi connectivity index (χ3v) is 5.16. The monoisotopic (exact) mass is 331 g/mol. The Kier molecular flexibility index (Phi) is 2.33. The minimum absolute atomic E-state index is 0.246. The molecule has 5 heteroatoms. The number of furan rings is 1. The Morgan fingerprint density at radius 2 is 1.88 bits per heavy atom. The van der Waals surface area contributed by atoms with Gasteiger partial charge in [-0.3, -0.25) is 4.99 Å². The molecule has 4 heterocycles. The van der Waals surface area contributed by atoms with Gasteiger partial charge < -0.3 is 18.6 Å². The van der Waals surface area contributed by atoms with E-state index in [2.05, 4.69) is 11.1 Å². The van der Waals surface area contributed by atoms with E-state index >= 15 is 0 Å². The fourth-order valence-corrected chi connectivity index (χ4v) is 3.99. The largest absolute Gasteiger partial charge is 0.491 e. The smallest absolute Gasteiger partial charge is 0.231 e. The third-order valence-electron chi connectivity index (χ3n) is 5.16. The van der Waals surface area contributed by atoms with Gasteiger partial charge >= 0.3 is 0 Å². The highest BCUT2D eigenvalue weighted by Crippen LogP contribution is 2.54. The van der Waals surface area contributed by atoms with E-state index in [9.17, 15) is 0 Å². The van der Waals surface area contributed by atoms with Gasteiger partial charge in [0.05, 0.1) is 23.6 Å². The maximum absolute atomic E-state index is 6.04. The van der Waals surface area contributed by atoms with Crippen LogP contribution in [0.3, 0.4) is 0 Å². The lowest BCUT2D eigenvalue weighted by atomic mass is 9.75. The Hall–Kier alpha value is -3.21. The van der Waals surface area contributed by atoms with Crippen LogP contribution < -0.4 is 14.2 Å². The highest BCUT2D eigenvalue weighted by Gasteiger charge is 2.47. The summed E-state index contributed by atoms with van der Waals surface area (Å²) < 4.78 is 22.4. The number of benzene rings is 2. The Morgan fingerprint density at radius 1 is 0.960 bits per heavy atom. The van der Waals surface area contributed by atoms with Crippen LogP contribution in [0.1, 0.15) is 11.1 Å². The molecule has 6 rings (SSSR count). The number of nitrogens with zero attached hydrogens (tertiary/aromatic N) is 1. The first-order chi connectivity index (χ1) is 12.4. The van der Waals surface area contributed by atoms with E-state index in [0.717, 1.165) is 45.2 Å². The fourth-order valence-electron chi connectivity index (χ4n) is 3.99. The van der Waals surface area contributed by atoms with Crippen LogP contribution in [-0.4, -0.2) is 19.6 Å². The van der Waals surface area contributed by atoms with E-state index in [1.165, 1.54) is 0 Å². The van der Waals surface area contributed by atoms with Crippen molar-refractivity contribution in [3.8, 4) is 28.4 Å². The lowest BCUT2D eigenvalue weighted by Crippen LogP contribution is -2.29. The van der Waals surface area contributed by atoms with Crippen LogP contribution in [-0.2, 0) is 5.41 Å². The van der Waals surface area contributed by atoms with Crippen LogP contribution in [0.5, 0.6) is 17.2 Å². The molecule has 0 fully saturated rings. The second-order valence-electron chi connectivity index (χ2n) is 6.43. The Labute approximate surface area is 143 Å². The lowest BCUT2D eigenvalue weighted by molar-refractivity contribution is 0.173. The van der Waals surface area contributed by atoms with E-state index in [1.807, 2.05) is 36.5 Å². The van der Waals surface area contributed by atoms with Gasteiger partial charge in [0.25, 0.3) is 0 Å². The molecule has 122 valence electrons. The predicted molar refractivity (Wildman–Crippen MR) is 91.1 cm³/mol. The van der Waals surface area contributed by atoms with E-state index in [4.69, 9.17) is 18.6 Å². The zero-order chi connectivity index (χ0) is 16.4. The van der Waals surface area contributed by atoms with E-state index < -0.39 is 5.41 Å². The highest BCUT2D eigenvalue weighted by atomic mass is 16.7. The third kappa shape index (κ3) is 1.60. The number of rotatable bonds is 1. The molecule has 1 spiro atoms. The molecule has 3 aliphatic rings. The minimum atomic E-state index is -0.417.